The van der Waals surface area contributed by atoms with Crippen molar-refractivity contribution in [1.82, 2.24) is 4.98 Å². The van der Waals surface area contributed by atoms with Crippen molar-refractivity contribution >= 4 is 17.2 Å². The summed E-state index contributed by atoms with van der Waals surface area (Å²) in [5.74, 6) is 1.30. The van der Waals surface area contributed by atoms with Gasteiger partial charge in [0.1, 0.15) is 6.07 Å². The van der Waals surface area contributed by atoms with Crippen LogP contribution in [0.4, 0.5) is 5.88 Å². The predicted molar refractivity (Wildman–Crippen MR) is 92.5 cm³/mol. The van der Waals surface area contributed by atoms with Gasteiger partial charge in [0.2, 0.25) is 17.5 Å². The predicted octanol–water partition coefficient (Wildman–Crippen LogP) is 4.88. The molecule has 1 atom stereocenters. The molecule has 0 aliphatic heterocycles. The average Bonchev–Trinajstić information content (AvgIpc) is 3.25. The first kappa shape index (κ1) is 15.3. The van der Waals surface area contributed by atoms with Crippen molar-refractivity contribution < 1.29 is 4.42 Å². The molecular weight excluding hydrogens is 306 g/mol. The van der Waals surface area contributed by atoms with Gasteiger partial charge in [0.25, 0.3) is 0 Å². The summed E-state index contributed by atoms with van der Waals surface area (Å²) in [4.78, 5) is 5.19. The highest BCUT2D eigenvalue weighted by Gasteiger charge is 2.16. The third-order valence-electron chi connectivity index (χ3n) is 3.74. The topological polar surface area (TPSA) is 61.9 Å². The maximum absolute atomic E-state index is 9.26. The first-order valence-electron chi connectivity index (χ1n) is 7.55. The molecule has 0 radical (unpaired) electrons. The number of anilines is 1. The van der Waals surface area contributed by atoms with Gasteiger partial charge in [-0.15, -0.1) is 11.3 Å². The number of nitrogens with zero attached hydrogens (tertiary/aromatic N) is 2. The first-order chi connectivity index (χ1) is 11.3. The Labute approximate surface area is 139 Å². The zero-order valence-corrected chi connectivity index (χ0v) is 13.6. The van der Waals surface area contributed by atoms with E-state index < -0.39 is 0 Å². The van der Waals surface area contributed by atoms with Crippen LogP contribution in [-0.4, -0.2) is 11.5 Å². The lowest BCUT2D eigenvalue weighted by Gasteiger charge is -2.15. The number of hydrogen-bond donors (Lipinski definition) is 1. The number of thiophene rings is 1. The normalized spacial score (nSPS) is 11.8. The summed E-state index contributed by atoms with van der Waals surface area (Å²) in [5, 5.41) is 14.5. The van der Waals surface area contributed by atoms with Gasteiger partial charge in [-0.3, -0.25) is 0 Å². The smallest absolute Gasteiger partial charge is 0.240 e. The Morgan fingerprint density at radius 3 is 2.74 bits per heavy atom. The summed E-state index contributed by atoms with van der Waals surface area (Å²) in [6.07, 6.45) is 1.00. The molecule has 2 aromatic heterocycles. The van der Waals surface area contributed by atoms with E-state index in [1.807, 2.05) is 35.7 Å². The van der Waals surface area contributed by atoms with E-state index in [0.29, 0.717) is 29.9 Å². The molecule has 116 valence electrons. The molecule has 3 aromatic rings. The van der Waals surface area contributed by atoms with Crippen LogP contribution in [0.15, 0.2) is 52.3 Å². The van der Waals surface area contributed by atoms with Crippen molar-refractivity contribution in [2.75, 3.05) is 11.9 Å². The molecule has 0 saturated heterocycles. The standard InChI is InChI=1S/C18H17N3OS/c1-2-13(14-7-4-3-5-8-14)12-20-17-15(11-19)21-18(22-17)16-9-6-10-23-16/h3-10,13,20H,2,12H2,1H3/t13-/m0/s1. The molecule has 0 aliphatic rings. The minimum absolute atomic E-state index is 0.302. The zero-order chi connectivity index (χ0) is 16.1. The summed E-state index contributed by atoms with van der Waals surface area (Å²) < 4.78 is 5.75. The Kier molecular flexibility index (Phi) is 4.74. The molecule has 0 aliphatic carbocycles. The summed E-state index contributed by atoms with van der Waals surface area (Å²) in [7, 11) is 0. The fraction of sp³-hybridized carbons (Fsp3) is 0.222. The van der Waals surface area contributed by atoms with Crippen molar-refractivity contribution in [2.45, 2.75) is 19.3 Å². The van der Waals surface area contributed by atoms with Gasteiger partial charge >= 0.3 is 0 Å². The lowest BCUT2D eigenvalue weighted by Crippen LogP contribution is -2.12. The first-order valence-corrected chi connectivity index (χ1v) is 8.43. The van der Waals surface area contributed by atoms with E-state index in [2.05, 4.69) is 35.4 Å². The fourth-order valence-electron chi connectivity index (χ4n) is 2.46. The minimum Gasteiger partial charge on any atom is -0.418 e. The van der Waals surface area contributed by atoms with Crippen LogP contribution >= 0.6 is 11.3 Å². The summed E-state index contributed by atoms with van der Waals surface area (Å²) in [6.45, 7) is 2.86. The SMILES string of the molecule is CC[C@@H](CNc1oc(-c2cccs2)nc1C#N)c1ccccc1. The van der Waals surface area contributed by atoms with Gasteiger partial charge in [-0.1, -0.05) is 43.3 Å². The molecule has 5 heteroatoms. The van der Waals surface area contributed by atoms with E-state index in [0.717, 1.165) is 11.3 Å². The minimum atomic E-state index is 0.302. The number of rotatable bonds is 6. The van der Waals surface area contributed by atoms with Crippen LogP contribution in [0, 0.1) is 11.3 Å². The van der Waals surface area contributed by atoms with Gasteiger partial charge in [-0.05, 0) is 23.4 Å². The second-order valence-corrected chi connectivity index (χ2v) is 6.13. The summed E-state index contributed by atoms with van der Waals surface area (Å²) in [6, 6.07) is 16.3. The highest BCUT2D eigenvalue weighted by atomic mass is 32.1. The third-order valence-corrected chi connectivity index (χ3v) is 4.60. The Balaban J connectivity index is 1.76. The van der Waals surface area contributed by atoms with Gasteiger partial charge in [-0.25, -0.2) is 0 Å². The van der Waals surface area contributed by atoms with Crippen LogP contribution in [0.25, 0.3) is 10.8 Å². The molecule has 1 aromatic carbocycles. The second kappa shape index (κ2) is 7.12. The molecule has 1 N–H and O–H groups in total. The largest absolute Gasteiger partial charge is 0.418 e. The Morgan fingerprint density at radius 1 is 1.26 bits per heavy atom. The third kappa shape index (κ3) is 3.43. The number of nitriles is 1. The van der Waals surface area contributed by atoms with Gasteiger partial charge in [0.05, 0.1) is 4.88 Å². The number of hydrogen-bond acceptors (Lipinski definition) is 5. The number of nitrogens with one attached hydrogen (secondary N) is 1. The van der Waals surface area contributed by atoms with E-state index in [1.165, 1.54) is 5.56 Å². The molecule has 2 heterocycles. The molecular formula is C18H17N3OS. The van der Waals surface area contributed by atoms with Crippen LogP contribution in [0.5, 0.6) is 0 Å². The quantitative estimate of drug-likeness (QED) is 0.702. The molecule has 0 bridgehead atoms. The molecule has 0 spiro atoms. The maximum Gasteiger partial charge on any atom is 0.240 e. The molecule has 0 saturated carbocycles. The van der Waals surface area contributed by atoms with Crippen molar-refractivity contribution in [1.29, 1.82) is 5.26 Å². The van der Waals surface area contributed by atoms with E-state index in [1.54, 1.807) is 11.3 Å². The van der Waals surface area contributed by atoms with E-state index in [-0.39, 0.29) is 0 Å². The van der Waals surface area contributed by atoms with Gasteiger partial charge in [0.15, 0.2) is 0 Å². The van der Waals surface area contributed by atoms with Crippen molar-refractivity contribution in [2.24, 2.45) is 0 Å². The number of aromatic nitrogens is 1. The maximum atomic E-state index is 9.26. The molecule has 0 amide bonds. The highest BCUT2D eigenvalue weighted by Crippen LogP contribution is 2.29. The molecule has 0 unspecified atom stereocenters. The van der Waals surface area contributed by atoms with Crippen LogP contribution in [0.2, 0.25) is 0 Å². The van der Waals surface area contributed by atoms with Crippen molar-refractivity contribution in [3.8, 4) is 16.8 Å². The van der Waals surface area contributed by atoms with Crippen LogP contribution in [-0.2, 0) is 0 Å². The molecule has 4 nitrogen and oxygen atoms in total. The van der Waals surface area contributed by atoms with Crippen LogP contribution < -0.4 is 5.32 Å². The zero-order valence-electron chi connectivity index (χ0n) is 12.8. The monoisotopic (exact) mass is 323 g/mol. The lowest BCUT2D eigenvalue weighted by molar-refractivity contribution is 0.578. The number of benzene rings is 1. The summed E-state index contributed by atoms with van der Waals surface area (Å²) in [5.41, 5.74) is 1.58. The molecule has 3 rings (SSSR count). The average molecular weight is 323 g/mol. The van der Waals surface area contributed by atoms with Gasteiger partial charge in [-0.2, -0.15) is 10.2 Å². The summed E-state index contributed by atoms with van der Waals surface area (Å²) >= 11 is 1.54. The van der Waals surface area contributed by atoms with Crippen LogP contribution in [0.1, 0.15) is 30.5 Å². The second-order valence-electron chi connectivity index (χ2n) is 5.18. The van der Waals surface area contributed by atoms with Crippen molar-refractivity contribution in [3.63, 3.8) is 0 Å². The van der Waals surface area contributed by atoms with Crippen LogP contribution in [0.3, 0.4) is 0 Å². The highest BCUT2D eigenvalue weighted by molar-refractivity contribution is 7.13. The Hall–Kier alpha value is -2.58. The van der Waals surface area contributed by atoms with E-state index >= 15 is 0 Å². The van der Waals surface area contributed by atoms with Gasteiger partial charge < -0.3 is 9.73 Å². The lowest BCUT2D eigenvalue weighted by atomic mass is 9.96. The Morgan fingerprint density at radius 2 is 2.09 bits per heavy atom. The fourth-order valence-corrected chi connectivity index (χ4v) is 3.11. The molecule has 0 fully saturated rings. The van der Waals surface area contributed by atoms with Crippen molar-refractivity contribution in [3.05, 3.63) is 59.1 Å². The van der Waals surface area contributed by atoms with Gasteiger partial charge in [0, 0.05) is 12.5 Å². The molecule has 23 heavy (non-hydrogen) atoms. The van der Waals surface area contributed by atoms with E-state index in [9.17, 15) is 5.26 Å². The number of oxazole rings is 1. The Bertz CT molecular complexity index is 788. The van der Waals surface area contributed by atoms with E-state index in [4.69, 9.17) is 4.42 Å².